The Morgan fingerprint density at radius 2 is 1.57 bits per heavy atom. The van der Waals surface area contributed by atoms with Crippen LogP contribution < -0.4 is 5.73 Å². The Kier molecular flexibility index (Phi) is 4.42. The quantitative estimate of drug-likeness (QED) is 0.523. The molecule has 0 radical (unpaired) electrons. The van der Waals surface area contributed by atoms with E-state index in [0.29, 0.717) is 11.9 Å². The van der Waals surface area contributed by atoms with Gasteiger partial charge < -0.3 is 10.3 Å². The molecule has 2 aromatic heterocycles. The molecule has 28 heavy (non-hydrogen) atoms. The molecule has 142 valence electrons. The second-order valence-corrected chi connectivity index (χ2v) is 7.91. The van der Waals surface area contributed by atoms with Crippen molar-refractivity contribution in [3.8, 4) is 11.1 Å². The molecule has 4 heteroatoms. The highest BCUT2D eigenvalue weighted by atomic mass is 15.1. The maximum absolute atomic E-state index is 5.61. The Labute approximate surface area is 166 Å². The molecular formula is C24H26N4. The summed E-state index contributed by atoms with van der Waals surface area (Å²) in [5.74, 6) is 0.705. The standard InChI is InChI=1S/C24H26N4/c1-16(2)24(4,28-15-17(3)21-7-5-6-8-22(21)28)20-11-9-18(10-12-20)19-13-26-23(25)27-14-19/h5-16H,1-4H3,(H2,25,26,27). The average Bonchev–Trinajstić information content (AvgIpc) is 3.05. The first-order valence-corrected chi connectivity index (χ1v) is 9.67. The fraction of sp³-hybridized carbons (Fsp3) is 0.250. The van der Waals surface area contributed by atoms with Crippen molar-refractivity contribution in [2.45, 2.75) is 33.2 Å². The second kappa shape index (κ2) is 6.79. The van der Waals surface area contributed by atoms with Gasteiger partial charge in [0.05, 0.1) is 5.54 Å². The van der Waals surface area contributed by atoms with Crippen LogP contribution in [0.1, 0.15) is 31.9 Å². The van der Waals surface area contributed by atoms with E-state index in [9.17, 15) is 0 Å². The van der Waals surface area contributed by atoms with Gasteiger partial charge in [-0.1, -0.05) is 56.3 Å². The molecule has 0 aliphatic heterocycles. The van der Waals surface area contributed by atoms with E-state index in [1.165, 1.54) is 22.0 Å². The second-order valence-electron chi connectivity index (χ2n) is 7.91. The summed E-state index contributed by atoms with van der Waals surface area (Å²) >= 11 is 0. The number of hydrogen-bond donors (Lipinski definition) is 1. The fourth-order valence-electron chi connectivity index (χ4n) is 3.97. The maximum atomic E-state index is 5.61. The lowest BCUT2D eigenvalue weighted by Crippen LogP contribution is -2.36. The van der Waals surface area contributed by atoms with E-state index >= 15 is 0 Å². The van der Waals surface area contributed by atoms with Gasteiger partial charge in [0.1, 0.15) is 0 Å². The summed E-state index contributed by atoms with van der Waals surface area (Å²) in [5, 5.41) is 1.31. The zero-order valence-electron chi connectivity index (χ0n) is 16.8. The average molecular weight is 371 g/mol. The first-order chi connectivity index (χ1) is 13.4. The lowest BCUT2D eigenvalue weighted by molar-refractivity contribution is 0.290. The minimum absolute atomic E-state index is 0.163. The molecule has 1 atom stereocenters. The first-order valence-electron chi connectivity index (χ1n) is 9.67. The van der Waals surface area contributed by atoms with Crippen LogP contribution in [0.4, 0.5) is 5.95 Å². The van der Waals surface area contributed by atoms with Gasteiger partial charge in [-0.05, 0) is 42.5 Å². The van der Waals surface area contributed by atoms with Crippen molar-refractivity contribution in [2.24, 2.45) is 5.92 Å². The van der Waals surface area contributed by atoms with Crippen molar-refractivity contribution in [1.82, 2.24) is 14.5 Å². The van der Waals surface area contributed by atoms with E-state index in [2.05, 4.69) is 97.0 Å². The van der Waals surface area contributed by atoms with Crippen LogP contribution in [0.5, 0.6) is 0 Å². The molecule has 4 nitrogen and oxygen atoms in total. The summed E-state index contributed by atoms with van der Waals surface area (Å²) < 4.78 is 2.43. The summed E-state index contributed by atoms with van der Waals surface area (Å²) in [4.78, 5) is 8.20. The van der Waals surface area contributed by atoms with E-state index in [1.807, 2.05) is 0 Å². The maximum Gasteiger partial charge on any atom is 0.219 e. The zero-order chi connectivity index (χ0) is 19.9. The van der Waals surface area contributed by atoms with Crippen LogP contribution in [0.25, 0.3) is 22.0 Å². The van der Waals surface area contributed by atoms with Gasteiger partial charge >= 0.3 is 0 Å². The number of hydrogen-bond acceptors (Lipinski definition) is 3. The third-order valence-electron chi connectivity index (χ3n) is 6.01. The number of anilines is 1. The van der Waals surface area contributed by atoms with Gasteiger partial charge in [0.2, 0.25) is 5.95 Å². The van der Waals surface area contributed by atoms with Crippen molar-refractivity contribution in [3.05, 3.63) is 78.2 Å². The number of fused-ring (bicyclic) bond motifs is 1. The van der Waals surface area contributed by atoms with E-state index in [-0.39, 0.29) is 5.54 Å². The lowest BCUT2D eigenvalue weighted by atomic mass is 9.80. The van der Waals surface area contributed by atoms with E-state index < -0.39 is 0 Å². The van der Waals surface area contributed by atoms with Crippen molar-refractivity contribution < 1.29 is 0 Å². The summed E-state index contributed by atoms with van der Waals surface area (Å²) in [6.45, 7) is 9.08. The molecule has 4 rings (SSSR count). The Hall–Kier alpha value is -3.14. The molecule has 2 heterocycles. The zero-order valence-corrected chi connectivity index (χ0v) is 16.8. The molecule has 0 saturated heterocycles. The van der Waals surface area contributed by atoms with Crippen LogP contribution >= 0.6 is 0 Å². The van der Waals surface area contributed by atoms with Gasteiger partial charge in [0.25, 0.3) is 0 Å². The number of aromatic nitrogens is 3. The Balaban J connectivity index is 1.82. The highest BCUT2D eigenvalue weighted by molar-refractivity contribution is 5.84. The molecule has 0 aliphatic rings. The van der Waals surface area contributed by atoms with Gasteiger partial charge in [0, 0.05) is 35.1 Å². The van der Waals surface area contributed by atoms with Gasteiger partial charge in [-0.3, -0.25) is 0 Å². The first kappa shape index (κ1) is 18.2. The lowest BCUT2D eigenvalue weighted by Gasteiger charge is -2.37. The molecule has 0 fully saturated rings. The van der Waals surface area contributed by atoms with Crippen molar-refractivity contribution >= 4 is 16.9 Å². The van der Waals surface area contributed by atoms with E-state index in [1.54, 1.807) is 12.4 Å². The van der Waals surface area contributed by atoms with E-state index in [0.717, 1.165) is 11.1 Å². The van der Waals surface area contributed by atoms with Crippen molar-refractivity contribution in [3.63, 3.8) is 0 Å². The number of benzene rings is 2. The highest BCUT2D eigenvalue weighted by Gasteiger charge is 2.33. The summed E-state index contributed by atoms with van der Waals surface area (Å²) in [5.41, 5.74) is 11.4. The Morgan fingerprint density at radius 1 is 0.929 bits per heavy atom. The van der Waals surface area contributed by atoms with Crippen LogP contribution in [0.3, 0.4) is 0 Å². The van der Waals surface area contributed by atoms with Crippen LogP contribution in [0, 0.1) is 12.8 Å². The summed E-state index contributed by atoms with van der Waals surface area (Å²) in [6.07, 6.45) is 5.82. The largest absolute Gasteiger partial charge is 0.368 e. The summed E-state index contributed by atoms with van der Waals surface area (Å²) in [6, 6.07) is 17.4. The molecule has 0 saturated carbocycles. The molecule has 4 aromatic rings. The SMILES string of the molecule is Cc1cn(C(C)(c2ccc(-c3cnc(N)nc3)cc2)C(C)C)c2ccccc12. The number of aryl methyl sites for hydroxylation is 1. The van der Waals surface area contributed by atoms with Crippen LogP contribution in [0.15, 0.2) is 67.1 Å². The molecule has 0 spiro atoms. The minimum Gasteiger partial charge on any atom is -0.368 e. The monoisotopic (exact) mass is 370 g/mol. The number of rotatable bonds is 4. The molecule has 2 aromatic carbocycles. The summed E-state index contributed by atoms with van der Waals surface area (Å²) in [7, 11) is 0. The van der Waals surface area contributed by atoms with Crippen molar-refractivity contribution in [2.75, 3.05) is 5.73 Å². The number of nitrogen functional groups attached to an aromatic ring is 1. The van der Waals surface area contributed by atoms with Gasteiger partial charge in [0.15, 0.2) is 0 Å². The highest BCUT2D eigenvalue weighted by Crippen LogP contribution is 2.38. The van der Waals surface area contributed by atoms with Gasteiger partial charge in [-0.25, -0.2) is 9.97 Å². The molecule has 2 N–H and O–H groups in total. The number of nitrogens with zero attached hydrogens (tertiary/aromatic N) is 3. The van der Waals surface area contributed by atoms with E-state index in [4.69, 9.17) is 5.73 Å². The third kappa shape index (κ3) is 2.85. The predicted molar refractivity (Wildman–Crippen MR) is 116 cm³/mol. The molecule has 0 amide bonds. The van der Waals surface area contributed by atoms with Gasteiger partial charge in [-0.2, -0.15) is 0 Å². The number of nitrogens with two attached hydrogens (primary N) is 1. The van der Waals surface area contributed by atoms with Crippen LogP contribution in [0.2, 0.25) is 0 Å². The van der Waals surface area contributed by atoms with Crippen LogP contribution in [-0.2, 0) is 5.54 Å². The molecule has 0 aliphatic carbocycles. The van der Waals surface area contributed by atoms with Crippen molar-refractivity contribution in [1.29, 1.82) is 0 Å². The Morgan fingerprint density at radius 3 is 2.21 bits per heavy atom. The third-order valence-corrected chi connectivity index (χ3v) is 6.01. The van der Waals surface area contributed by atoms with Gasteiger partial charge in [-0.15, -0.1) is 0 Å². The topological polar surface area (TPSA) is 56.7 Å². The normalized spacial score (nSPS) is 13.8. The van der Waals surface area contributed by atoms with Crippen LogP contribution in [-0.4, -0.2) is 14.5 Å². The fourth-order valence-corrected chi connectivity index (χ4v) is 3.97. The smallest absolute Gasteiger partial charge is 0.219 e. The number of para-hydroxylation sites is 1. The predicted octanol–water partition coefficient (Wildman–Crippen LogP) is 5.41. The molecular weight excluding hydrogens is 344 g/mol. The molecule has 0 bridgehead atoms. The minimum atomic E-state index is -0.163. The Bertz CT molecular complexity index is 1110. The molecule has 1 unspecified atom stereocenters.